The summed E-state index contributed by atoms with van der Waals surface area (Å²) in [7, 11) is 0. The normalized spacial score (nSPS) is 10.1. The number of nitrogens with one attached hydrogen (secondary N) is 3. The number of ether oxygens (including phenoxy) is 1. The van der Waals surface area contributed by atoms with Gasteiger partial charge in [0.1, 0.15) is 0 Å². The van der Waals surface area contributed by atoms with Crippen LogP contribution in [0.1, 0.15) is 28.8 Å². The molecule has 0 aliphatic heterocycles. The number of esters is 1. The summed E-state index contributed by atoms with van der Waals surface area (Å²) in [6, 6.07) is 25.5. The highest BCUT2D eigenvalue weighted by Crippen LogP contribution is 2.13. The van der Waals surface area contributed by atoms with E-state index in [1.165, 1.54) is 0 Å². The van der Waals surface area contributed by atoms with Crippen molar-refractivity contribution < 1.29 is 19.1 Å². The summed E-state index contributed by atoms with van der Waals surface area (Å²) in [6.45, 7) is 0.263. The Hall–Kier alpha value is -4.04. The third kappa shape index (κ3) is 8.48. The lowest BCUT2D eigenvalue weighted by Crippen LogP contribution is -2.34. The number of para-hydroxylation sites is 1. The van der Waals surface area contributed by atoms with E-state index in [2.05, 4.69) is 16.0 Å². The highest BCUT2D eigenvalue weighted by molar-refractivity contribution is 7.80. The van der Waals surface area contributed by atoms with Gasteiger partial charge in [0.05, 0.1) is 13.0 Å². The number of hydrogen-bond donors (Lipinski definition) is 3. The lowest BCUT2D eigenvalue weighted by atomic mass is 10.2. The Bertz CT molecular complexity index is 1140. The van der Waals surface area contributed by atoms with Crippen molar-refractivity contribution in [3.8, 4) is 0 Å². The first-order valence-corrected chi connectivity index (χ1v) is 11.2. The van der Waals surface area contributed by atoms with Crippen molar-refractivity contribution in [3.05, 3.63) is 96.1 Å². The zero-order chi connectivity index (χ0) is 24.2. The highest BCUT2D eigenvalue weighted by Gasteiger charge is 2.11. The molecule has 0 aliphatic carbocycles. The number of thiocarbonyl (C=S) groups is 1. The molecule has 0 saturated carbocycles. The van der Waals surface area contributed by atoms with Crippen molar-refractivity contribution in [1.29, 1.82) is 0 Å². The fourth-order valence-electron chi connectivity index (χ4n) is 3.03. The van der Waals surface area contributed by atoms with Crippen LogP contribution in [-0.4, -0.2) is 29.5 Å². The van der Waals surface area contributed by atoms with Crippen LogP contribution in [0.25, 0.3) is 0 Å². The number of carbonyl (C=O) groups is 3. The van der Waals surface area contributed by atoms with Gasteiger partial charge >= 0.3 is 5.97 Å². The minimum absolute atomic E-state index is 0.0433. The van der Waals surface area contributed by atoms with E-state index in [1.807, 2.05) is 48.5 Å². The van der Waals surface area contributed by atoms with Crippen molar-refractivity contribution in [1.82, 2.24) is 5.32 Å². The average Bonchev–Trinajstić information content (AvgIpc) is 2.84. The maximum atomic E-state index is 12.4. The summed E-state index contributed by atoms with van der Waals surface area (Å²) in [6.07, 6.45) is 0.527. The van der Waals surface area contributed by atoms with Crippen LogP contribution in [0.2, 0.25) is 0 Å². The molecule has 2 amide bonds. The molecule has 0 radical (unpaired) electrons. The molecule has 3 N–H and O–H groups in total. The van der Waals surface area contributed by atoms with E-state index in [9.17, 15) is 14.4 Å². The zero-order valence-corrected chi connectivity index (χ0v) is 19.3. The Labute approximate surface area is 203 Å². The molecule has 8 heteroatoms. The molecule has 3 aromatic carbocycles. The third-order valence-electron chi connectivity index (χ3n) is 4.72. The second kappa shape index (κ2) is 12.9. The van der Waals surface area contributed by atoms with Crippen LogP contribution in [0.5, 0.6) is 0 Å². The third-order valence-corrected chi connectivity index (χ3v) is 4.92. The van der Waals surface area contributed by atoms with Gasteiger partial charge in [-0.25, -0.2) is 0 Å². The van der Waals surface area contributed by atoms with E-state index in [1.54, 1.807) is 36.4 Å². The Morgan fingerprint density at radius 3 is 2.18 bits per heavy atom. The Morgan fingerprint density at radius 2 is 1.44 bits per heavy atom. The molecule has 34 heavy (non-hydrogen) atoms. The quantitative estimate of drug-likeness (QED) is 0.315. The first-order chi connectivity index (χ1) is 16.5. The van der Waals surface area contributed by atoms with Gasteiger partial charge in [-0.05, 0) is 48.1 Å². The van der Waals surface area contributed by atoms with Gasteiger partial charge in [-0.3, -0.25) is 14.4 Å². The molecule has 0 atom stereocenters. The molecular formula is C26H25N3O4S. The van der Waals surface area contributed by atoms with Gasteiger partial charge in [-0.1, -0.05) is 54.6 Å². The molecule has 0 bridgehead atoms. The minimum atomic E-state index is -0.443. The van der Waals surface area contributed by atoms with Gasteiger partial charge in [-0.2, -0.15) is 0 Å². The number of carbonyl (C=O) groups excluding carboxylic acids is 3. The largest absolute Gasteiger partial charge is 0.465 e. The Kier molecular flexibility index (Phi) is 9.30. The van der Waals surface area contributed by atoms with Crippen molar-refractivity contribution in [2.24, 2.45) is 0 Å². The fourth-order valence-corrected chi connectivity index (χ4v) is 3.26. The second-order valence-corrected chi connectivity index (χ2v) is 7.77. The summed E-state index contributed by atoms with van der Waals surface area (Å²) in [5.74, 6) is -1.12. The van der Waals surface area contributed by atoms with E-state index in [0.717, 1.165) is 5.56 Å². The molecule has 0 unspecified atom stereocenters. The molecule has 0 aliphatic rings. The molecule has 3 rings (SSSR count). The van der Waals surface area contributed by atoms with E-state index in [4.69, 9.17) is 17.0 Å². The van der Waals surface area contributed by atoms with Gasteiger partial charge in [0.25, 0.3) is 5.91 Å². The molecule has 7 nitrogen and oxygen atoms in total. The molecule has 174 valence electrons. The van der Waals surface area contributed by atoms with Crippen LogP contribution in [-0.2, 0) is 20.7 Å². The Balaban J connectivity index is 1.39. The van der Waals surface area contributed by atoms with Gasteiger partial charge in [0.2, 0.25) is 5.91 Å². The zero-order valence-electron chi connectivity index (χ0n) is 18.5. The molecule has 0 fully saturated rings. The monoisotopic (exact) mass is 475 g/mol. The summed E-state index contributed by atoms with van der Waals surface area (Å²) >= 11 is 5.17. The highest BCUT2D eigenvalue weighted by atomic mass is 32.1. The average molecular weight is 476 g/mol. The van der Waals surface area contributed by atoms with Crippen LogP contribution < -0.4 is 16.0 Å². The first kappa shape index (κ1) is 24.6. The van der Waals surface area contributed by atoms with Crippen LogP contribution in [0.3, 0.4) is 0 Å². The number of anilines is 2. The second-order valence-electron chi connectivity index (χ2n) is 7.36. The number of amides is 2. The van der Waals surface area contributed by atoms with E-state index in [0.29, 0.717) is 23.4 Å². The summed E-state index contributed by atoms with van der Waals surface area (Å²) in [5, 5.41) is 8.28. The lowest BCUT2D eigenvalue weighted by Gasteiger charge is -2.11. The van der Waals surface area contributed by atoms with Crippen LogP contribution in [0.15, 0.2) is 84.9 Å². The maximum absolute atomic E-state index is 12.4. The van der Waals surface area contributed by atoms with Crippen molar-refractivity contribution in [3.63, 3.8) is 0 Å². The van der Waals surface area contributed by atoms with Crippen LogP contribution >= 0.6 is 12.2 Å². The van der Waals surface area contributed by atoms with Gasteiger partial charge in [-0.15, -0.1) is 0 Å². The van der Waals surface area contributed by atoms with E-state index >= 15 is 0 Å². The fraction of sp³-hybridized carbons (Fsp3) is 0.154. The molecular weight excluding hydrogens is 450 g/mol. The van der Waals surface area contributed by atoms with Gasteiger partial charge < -0.3 is 20.7 Å². The predicted molar refractivity (Wildman–Crippen MR) is 136 cm³/mol. The van der Waals surface area contributed by atoms with Crippen molar-refractivity contribution in [2.45, 2.75) is 19.3 Å². The van der Waals surface area contributed by atoms with E-state index in [-0.39, 0.29) is 30.5 Å². The Morgan fingerprint density at radius 1 is 0.765 bits per heavy atom. The summed E-state index contributed by atoms with van der Waals surface area (Å²) in [5.41, 5.74) is 2.74. The topological polar surface area (TPSA) is 96.5 Å². The summed E-state index contributed by atoms with van der Waals surface area (Å²) < 4.78 is 5.17. The molecule has 0 spiro atoms. The first-order valence-electron chi connectivity index (χ1n) is 10.8. The number of benzene rings is 3. The molecule has 3 aromatic rings. The van der Waals surface area contributed by atoms with Crippen molar-refractivity contribution >= 4 is 46.5 Å². The SMILES string of the molecule is O=C(CCC(=O)OCCc1ccccc1)NC(=S)Nc1cccc(C(=O)Nc2ccccc2)c1. The smallest absolute Gasteiger partial charge is 0.306 e. The maximum Gasteiger partial charge on any atom is 0.306 e. The van der Waals surface area contributed by atoms with Crippen LogP contribution in [0, 0.1) is 0 Å². The molecule has 0 saturated heterocycles. The molecule has 0 aromatic heterocycles. The molecule has 0 heterocycles. The summed E-state index contributed by atoms with van der Waals surface area (Å²) in [4.78, 5) is 36.4. The number of rotatable bonds is 9. The lowest BCUT2D eigenvalue weighted by molar-refractivity contribution is -0.144. The minimum Gasteiger partial charge on any atom is -0.465 e. The number of hydrogen-bond acceptors (Lipinski definition) is 5. The van der Waals surface area contributed by atoms with Gasteiger partial charge in [0, 0.05) is 29.8 Å². The van der Waals surface area contributed by atoms with E-state index < -0.39 is 11.9 Å². The predicted octanol–water partition coefficient (Wildman–Crippen LogP) is 4.32. The standard InChI is InChI=1S/C26H25N3O4S/c30-23(14-15-24(31)33-17-16-19-8-3-1-4-9-19)29-26(34)28-22-13-7-10-20(18-22)25(32)27-21-11-5-2-6-12-21/h1-13,18H,14-17H2,(H,27,32)(H2,28,29,30,34). The van der Waals surface area contributed by atoms with Crippen molar-refractivity contribution in [2.75, 3.05) is 17.2 Å². The van der Waals surface area contributed by atoms with Gasteiger partial charge in [0.15, 0.2) is 5.11 Å². The van der Waals surface area contributed by atoms with Crippen LogP contribution in [0.4, 0.5) is 11.4 Å².